The van der Waals surface area contributed by atoms with Gasteiger partial charge in [0.2, 0.25) is 11.8 Å². The number of likely N-dealkylation sites (tertiary alicyclic amines) is 1. The molecule has 1 aromatic rings. The number of carbonyl (C=O) groups excluding carboxylic acids is 2. The zero-order chi connectivity index (χ0) is 16.1. The SMILES string of the molecule is COc1ccc(CN2CCC(NC(=O)C(C)CN)C2=O)cc1. The first-order valence-corrected chi connectivity index (χ1v) is 7.47. The molecule has 120 valence electrons. The Balaban J connectivity index is 1.91. The Labute approximate surface area is 130 Å². The number of rotatable bonds is 6. The summed E-state index contributed by atoms with van der Waals surface area (Å²) in [6, 6.07) is 7.19. The van der Waals surface area contributed by atoms with Crippen molar-refractivity contribution < 1.29 is 14.3 Å². The second-order valence-corrected chi connectivity index (χ2v) is 5.59. The summed E-state index contributed by atoms with van der Waals surface area (Å²) in [5.74, 6) is 0.321. The average molecular weight is 305 g/mol. The lowest BCUT2D eigenvalue weighted by molar-refractivity contribution is -0.134. The number of hydrogen-bond acceptors (Lipinski definition) is 4. The Morgan fingerprint density at radius 1 is 1.45 bits per heavy atom. The number of carbonyl (C=O) groups is 2. The van der Waals surface area contributed by atoms with Crippen LogP contribution in [-0.2, 0) is 16.1 Å². The normalized spacial score (nSPS) is 19.1. The highest BCUT2D eigenvalue weighted by molar-refractivity contribution is 5.89. The van der Waals surface area contributed by atoms with E-state index in [1.807, 2.05) is 24.3 Å². The third-order valence-electron chi connectivity index (χ3n) is 3.95. The summed E-state index contributed by atoms with van der Waals surface area (Å²) in [4.78, 5) is 25.9. The van der Waals surface area contributed by atoms with Gasteiger partial charge in [0.1, 0.15) is 11.8 Å². The van der Waals surface area contributed by atoms with Crippen molar-refractivity contribution in [1.29, 1.82) is 0 Å². The van der Waals surface area contributed by atoms with E-state index in [0.29, 0.717) is 19.5 Å². The van der Waals surface area contributed by atoms with Gasteiger partial charge in [-0.1, -0.05) is 19.1 Å². The minimum absolute atomic E-state index is 0.0339. The number of amides is 2. The monoisotopic (exact) mass is 305 g/mol. The van der Waals surface area contributed by atoms with Gasteiger partial charge in [0.25, 0.3) is 0 Å². The number of methoxy groups -OCH3 is 1. The number of nitrogens with zero attached hydrogens (tertiary/aromatic N) is 1. The Morgan fingerprint density at radius 3 is 2.73 bits per heavy atom. The maximum absolute atomic E-state index is 12.3. The van der Waals surface area contributed by atoms with Crippen LogP contribution in [0.5, 0.6) is 5.75 Å². The van der Waals surface area contributed by atoms with Crippen LogP contribution in [0.3, 0.4) is 0 Å². The van der Waals surface area contributed by atoms with Crippen LogP contribution in [-0.4, -0.2) is 43.0 Å². The summed E-state index contributed by atoms with van der Waals surface area (Å²) in [6.07, 6.45) is 0.637. The highest BCUT2D eigenvalue weighted by Crippen LogP contribution is 2.18. The summed E-state index contributed by atoms with van der Waals surface area (Å²) < 4.78 is 5.12. The van der Waals surface area contributed by atoms with Crippen molar-refractivity contribution in [3.8, 4) is 5.75 Å². The molecule has 1 aromatic carbocycles. The van der Waals surface area contributed by atoms with Crippen LogP contribution in [0.4, 0.5) is 0 Å². The number of ether oxygens (including phenoxy) is 1. The van der Waals surface area contributed by atoms with Gasteiger partial charge in [0.05, 0.1) is 7.11 Å². The van der Waals surface area contributed by atoms with Gasteiger partial charge in [-0.2, -0.15) is 0 Å². The first-order valence-electron chi connectivity index (χ1n) is 7.47. The molecule has 1 saturated heterocycles. The van der Waals surface area contributed by atoms with Gasteiger partial charge in [-0.15, -0.1) is 0 Å². The van der Waals surface area contributed by atoms with Gasteiger partial charge >= 0.3 is 0 Å². The first kappa shape index (κ1) is 16.3. The molecular formula is C16H23N3O3. The standard InChI is InChI=1S/C16H23N3O3/c1-11(9-17)15(20)18-14-7-8-19(16(14)21)10-12-3-5-13(22-2)6-4-12/h3-6,11,14H,7-10,17H2,1-2H3,(H,18,20). The molecule has 6 heteroatoms. The van der Waals surface area contributed by atoms with Gasteiger partial charge in [0.15, 0.2) is 0 Å². The zero-order valence-electron chi connectivity index (χ0n) is 13.0. The van der Waals surface area contributed by atoms with E-state index < -0.39 is 6.04 Å². The van der Waals surface area contributed by atoms with E-state index in [0.717, 1.165) is 11.3 Å². The highest BCUT2D eigenvalue weighted by atomic mass is 16.5. The summed E-state index contributed by atoms with van der Waals surface area (Å²) in [5.41, 5.74) is 6.51. The quantitative estimate of drug-likeness (QED) is 0.802. The smallest absolute Gasteiger partial charge is 0.245 e. The molecule has 0 aliphatic carbocycles. The van der Waals surface area contributed by atoms with Crippen LogP contribution in [0.2, 0.25) is 0 Å². The lowest BCUT2D eigenvalue weighted by atomic mass is 10.1. The number of benzene rings is 1. The molecule has 1 heterocycles. The minimum atomic E-state index is -0.431. The van der Waals surface area contributed by atoms with E-state index in [9.17, 15) is 9.59 Å². The van der Waals surface area contributed by atoms with Crippen LogP contribution in [0.15, 0.2) is 24.3 Å². The fourth-order valence-electron chi connectivity index (χ4n) is 2.40. The molecule has 0 aromatic heterocycles. The molecule has 3 N–H and O–H groups in total. The van der Waals surface area contributed by atoms with Crippen molar-refractivity contribution in [3.05, 3.63) is 29.8 Å². The van der Waals surface area contributed by atoms with E-state index >= 15 is 0 Å². The molecule has 0 bridgehead atoms. The van der Waals surface area contributed by atoms with Crippen molar-refractivity contribution in [2.24, 2.45) is 11.7 Å². The van der Waals surface area contributed by atoms with E-state index in [2.05, 4.69) is 5.32 Å². The largest absolute Gasteiger partial charge is 0.497 e. The molecule has 22 heavy (non-hydrogen) atoms. The molecular weight excluding hydrogens is 282 g/mol. The Bertz CT molecular complexity index is 530. The van der Waals surface area contributed by atoms with Gasteiger partial charge in [0, 0.05) is 25.6 Å². The molecule has 0 saturated carbocycles. The van der Waals surface area contributed by atoms with Crippen LogP contribution in [0.25, 0.3) is 0 Å². The van der Waals surface area contributed by atoms with Crippen LogP contribution < -0.4 is 15.8 Å². The fourth-order valence-corrected chi connectivity index (χ4v) is 2.40. The topological polar surface area (TPSA) is 84.7 Å². The Morgan fingerprint density at radius 2 is 2.14 bits per heavy atom. The predicted octanol–water partition coefficient (Wildman–Crippen LogP) is 0.507. The molecule has 1 aliphatic rings. The lowest BCUT2D eigenvalue weighted by Gasteiger charge is -2.18. The van der Waals surface area contributed by atoms with Crippen molar-refractivity contribution >= 4 is 11.8 Å². The second kappa shape index (κ2) is 7.26. The van der Waals surface area contributed by atoms with Gasteiger partial charge in [-0.25, -0.2) is 0 Å². The van der Waals surface area contributed by atoms with Crippen LogP contribution >= 0.6 is 0 Å². The van der Waals surface area contributed by atoms with E-state index in [1.54, 1.807) is 18.9 Å². The van der Waals surface area contributed by atoms with Crippen LogP contribution in [0.1, 0.15) is 18.9 Å². The summed E-state index contributed by atoms with van der Waals surface area (Å²) >= 11 is 0. The first-order chi connectivity index (χ1) is 10.5. The van der Waals surface area contributed by atoms with E-state index in [-0.39, 0.29) is 24.3 Å². The minimum Gasteiger partial charge on any atom is -0.497 e. The molecule has 6 nitrogen and oxygen atoms in total. The van der Waals surface area contributed by atoms with Crippen molar-refractivity contribution in [1.82, 2.24) is 10.2 Å². The molecule has 2 amide bonds. The van der Waals surface area contributed by atoms with Crippen LogP contribution in [0, 0.1) is 5.92 Å². The third-order valence-corrected chi connectivity index (χ3v) is 3.95. The molecule has 0 radical (unpaired) electrons. The highest BCUT2D eigenvalue weighted by Gasteiger charge is 2.33. The summed E-state index contributed by atoms with van der Waals surface area (Å²) in [7, 11) is 1.62. The maximum Gasteiger partial charge on any atom is 0.245 e. The zero-order valence-corrected chi connectivity index (χ0v) is 13.0. The van der Waals surface area contributed by atoms with Gasteiger partial charge < -0.3 is 20.7 Å². The molecule has 1 fully saturated rings. The average Bonchev–Trinajstić information content (AvgIpc) is 2.88. The number of hydrogen-bond donors (Lipinski definition) is 2. The third kappa shape index (κ3) is 3.76. The van der Waals surface area contributed by atoms with E-state index in [1.165, 1.54) is 0 Å². The molecule has 0 spiro atoms. The fraction of sp³-hybridized carbons (Fsp3) is 0.500. The van der Waals surface area contributed by atoms with Crippen molar-refractivity contribution in [2.45, 2.75) is 25.9 Å². The molecule has 1 aliphatic heterocycles. The maximum atomic E-state index is 12.3. The predicted molar refractivity (Wildman–Crippen MR) is 83.2 cm³/mol. The number of nitrogens with two attached hydrogens (primary N) is 1. The number of nitrogens with one attached hydrogen (secondary N) is 1. The second-order valence-electron chi connectivity index (χ2n) is 5.59. The Kier molecular flexibility index (Phi) is 5.38. The molecule has 2 rings (SSSR count). The van der Waals surface area contributed by atoms with Crippen molar-refractivity contribution in [3.63, 3.8) is 0 Å². The van der Waals surface area contributed by atoms with Gasteiger partial charge in [-0.05, 0) is 24.1 Å². The summed E-state index contributed by atoms with van der Waals surface area (Å²) in [6.45, 7) is 3.22. The molecule has 2 unspecified atom stereocenters. The summed E-state index contributed by atoms with van der Waals surface area (Å²) in [5, 5.41) is 2.78. The lowest BCUT2D eigenvalue weighted by Crippen LogP contribution is -2.44. The Hall–Kier alpha value is -2.08. The van der Waals surface area contributed by atoms with Gasteiger partial charge in [-0.3, -0.25) is 9.59 Å². The molecule has 2 atom stereocenters. The van der Waals surface area contributed by atoms with E-state index in [4.69, 9.17) is 10.5 Å². The van der Waals surface area contributed by atoms with Crippen molar-refractivity contribution in [2.75, 3.05) is 20.2 Å².